The summed E-state index contributed by atoms with van der Waals surface area (Å²) in [5.41, 5.74) is 0.977. The third-order valence-electron chi connectivity index (χ3n) is 6.93. The maximum atomic E-state index is 14.2. The minimum atomic E-state index is -1.54. The van der Waals surface area contributed by atoms with Gasteiger partial charge in [-0.05, 0) is 37.1 Å². The minimum absolute atomic E-state index is 0.0436. The highest BCUT2D eigenvalue weighted by molar-refractivity contribution is 6.17. The molecule has 6 heteroatoms. The molecule has 34 heavy (non-hydrogen) atoms. The lowest BCUT2D eigenvalue weighted by Crippen LogP contribution is -2.54. The summed E-state index contributed by atoms with van der Waals surface area (Å²) in [6.07, 6.45) is 0.539. The molecule has 0 aliphatic carbocycles. The third-order valence-corrected chi connectivity index (χ3v) is 6.93. The molecule has 0 saturated heterocycles. The lowest BCUT2D eigenvalue weighted by molar-refractivity contribution is -0.126. The molecule has 6 rings (SSSR count). The zero-order valence-corrected chi connectivity index (χ0v) is 18.7. The van der Waals surface area contributed by atoms with E-state index in [-0.39, 0.29) is 29.2 Å². The largest absolute Gasteiger partial charge is 0.450 e. The van der Waals surface area contributed by atoms with Crippen molar-refractivity contribution >= 4 is 28.5 Å². The van der Waals surface area contributed by atoms with E-state index in [4.69, 9.17) is 4.42 Å². The predicted molar refractivity (Wildman–Crippen MR) is 129 cm³/mol. The summed E-state index contributed by atoms with van der Waals surface area (Å²) >= 11 is 0. The van der Waals surface area contributed by atoms with Crippen LogP contribution in [0.15, 0.2) is 88.1 Å². The van der Waals surface area contributed by atoms with Crippen LogP contribution in [0.25, 0.3) is 11.0 Å². The van der Waals surface area contributed by atoms with Gasteiger partial charge in [0.05, 0.1) is 16.6 Å². The van der Waals surface area contributed by atoms with Crippen LogP contribution >= 0.6 is 0 Å². The number of likely N-dealkylation sites (N-methyl/N-ethyl adjacent to an activating group) is 1. The molecule has 0 fully saturated rings. The first-order chi connectivity index (χ1) is 16.6. The Morgan fingerprint density at radius 3 is 2.35 bits per heavy atom. The average molecular weight is 450 g/mol. The van der Waals surface area contributed by atoms with Gasteiger partial charge in [0.1, 0.15) is 5.58 Å². The Bertz CT molecular complexity index is 1520. The molecule has 0 saturated carbocycles. The molecule has 3 heterocycles. The van der Waals surface area contributed by atoms with Crippen molar-refractivity contribution in [2.24, 2.45) is 0 Å². The van der Waals surface area contributed by atoms with E-state index in [0.717, 1.165) is 5.56 Å². The van der Waals surface area contributed by atoms with Crippen molar-refractivity contribution in [1.29, 1.82) is 0 Å². The molecule has 3 aromatic carbocycles. The van der Waals surface area contributed by atoms with Gasteiger partial charge in [0.2, 0.25) is 5.76 Å². The molecule has 4 aromatic rings. The highest BCUT2D eigenvalue weighted by Crippen LogP contribution is 2.52. The number of hydrogen-bond acceptors (Lipinski definition) is 4. The van der Waals surface area contributed by atoms with Gasteiger partial charge in [-0.25, -0.2) is 0 Å². The molecule has 1 unspecified atom stereocenters. The van der Waals surface area contributed by atoms with E-state index in [1.165, 1.54) is 0 Å². The molecular formula is C28H22N2O4. The van der Waals surface area contributed by atoms with E-state index in [2.05, 4.69) is 0 Å². The van der Waals surface area contributed by atoms with Crippen LogP contribution < -0.4 is 10.3 Å². The summed E-state index contributed by atoms with van der Waals surface area (Å²) in [4.78, 5) is 45.1. The van der Waals surface area contributed by atoms with Gasteiger partial charge in [-0.3, -0.25) is 14.4 Å². The fraction of sp³-hybridized carbons (Fsp3) is 0.179. The predicted octanol–water partition coefficient (Wildman–Crippen LogP) is 4.10. The summed E-state index contributed by atoms with van der Waals surface area (Å²) in [6.45, 7) is 2.58. The van der Waals surface area contributed by atoms with Crippen molar-refractivity contribution in [3.8, 4) is 0 Å². The zero-order chi connectivity index (χ0) is 23.4. The van der Waals surface area contributed by atoms with Crippen LogP contribution in [0.1, 0.15) is 34.2 Å². The van der Waals surface area contributed by atoms with Gasteiger partial charge < -0.3 is 14.2 Å². The van der Waals surface area contributed by atoms with Crippen LogP contribution in [0, 0.1) is 0 Å². The first-order valence-corrected chi connectivity index (χ1v) is 11.4. The Hall–Kier alpha value is -4.19. The van der Waals surface area contributed by atoms with Crippen LogP contribution in [0.4, 0.5) is 5.69 Å². The number of nitrogens with zero attached hydrogens (tertiary/aromatic N) is 2. The average Bonchev–Trinajstić information content (AvgIpc) is 3.27. The van der Waals surface area contributed by atoms with Gasteiger partial charge in [-0.15, -0.1) is 0 Å². The number of fused-ring (bicyclic) bond motifs is 5. The normalized spacial score (nSPS) is 18.7. The maximum Gasteiger partial charge on any atom is 0.291 e. The Kier molecular flexibility index (Phi) is 4.45. The van der Waals surface area contributed by atoms with E-state index in [9.17, 15) is 14.4 Å². The summed E-state index contributed by atoms with van der Waals surface area (Å²) in [6, 6.07) is 24.1. The Morgan fingerprint density at radius 2 is 1.56 bits per heavy atom. The SMILES string of the molecule is CCN1C(=O)C2(c3ccccc31)c1c(oc3ccccc3c1=O)C(=O)N2CCc1ccccc1. The minimum Gasteiger partial charge on any atom is -0.450 e. The molecule has 0 N–H and O–H groups in total. The van der Waals surface area contributed by atoms with E-state index >= 15 is 0 Å². The number of amides is 2. The van der Waals surface area contributed by atoms with Crippen molar-refractivity contribution in [2.75, 3.05) is 18.0 Å². The Labute approximate surface area is 196 Å². The zero-order valence-electron chi connectivity index (χ0n) is 18.7. The fourth-order valence-corrected chi connectivity index (χ4v) is 5.44. The van der Waals surface area contributed by atoms with E-state index in [1.54, 1.807) is 34.1 Å². The molecule has 2 aliphatic rings. The molecule has 2 aliphatic heterocycles. The van der Waals surface area contributed by atoms with Gasteiger partial charge in [0, 0.05) is 18.7 Å². The van der Waals surface area contributed by atoms with E-state index in [1.807, 2.05) is 61.5 Å². The second-order valence-corrected chi connectivity index (χ2v) is 8.60. The molecular weight excluding hydrogens is 428 g/mol. The summed E-state index contributed by atoms with van der Waals surface area (Å²) in [5, 5.41) is 0.360. The lowest BCUT2D eigenvalue weighted by Gasteiger charge is -2.34. The molecule has 2 amide bonds. The molecule has 6 nitrogen and oxygen atoms in total. The van der Waals surface area contributed by atoms with Crippen LogP contribution in [0.3, 0.4) is 0 Å². The topological polar surface area (TPSA) is 70.8 Å². The van der Waals surface area contributed by atoms with Gasteiger partial charge in [0.15, 0.2) is 11.0 Å². The van der Waals surface area contributed by atoms with Crippen molar-refractivity contribution in [2.45, 2.75) is 18.9 Å². The second-order valence-electron chi connectivity index (χ2n) is 8.60. The molecule has 1 aromatic heterocycles. The number of para-hydroxylation sites is 2. The van der Waals surface area contributed by atoms with Crippen LogP contribution in [0.5, 0.6) is 0 Å². The van der Waals surface area contributed by atoms with Crippen molar-refractivity contribution in [3.05, 3.63) is 112 Å². The molecule has 1 spiro atoms. The molecule has 168 valence electrons. The summed E-state index contributed by atoms with van der Waals surface area (Å²) < 4.78 is 6.04. The van der Waals surface area contributed by atoms with Crippen LogP contribution in [-0.2, 0) is 16.8 Å². The molecule has 0 bridgehead atoms. The van der Waals surface area contributed by atoms with Crippen LogP contribution in [0.2, 0.25) is 0 Å². The quantitative estimate of drug-likeness (QED) is 0.469. The number of carbonyl (C=O) groups excluding carboxylic acids is 2. The van der Waals surface area contributed by atoms with E-state index in [0.29, 0.717) is 35.2 Å². The highest BCUT2D eigenvalue weighted by atomic mass is 16.3. The van der Waals surface area contributed by atoms with Crippen molar-refractivity contribution in [3.63, 3.8) is 0 Å². The summed E-state index contributed by atoms with van der Waals surface area (Å²) in [5.74, 6) is -0.772. The van der Waals surface area contributed by atoms with Crippen molar-refractivity contribution < 1.29 is 14.0 Å². The second kappa shape index (κ2) is 7.42. The third kappa shape index (κ3) is 2.53. The van der Waals surface area contributed by atoms with E-state index < -0.39 is 11.4 Å². The standard InChI is InChI=1S/C28H22N2O4/c1-2-29-21-14-8-7-13-20(21)28(27(29)33)23-24(31)19-12-6-9-15-22(19)34-25(23)26(32)30(28)17-16-18-10-4-3-5-11-18/h3-15H,2,16-17H2,1H3. The Balaban J connectivity index is 1.64. The summed E-state index contributed by atoms with van der Waals surface area (Å²) in [7, 11) is 0. The van der Waals surface area contributed by atoms with Gasteiger partial charge >= 0.3 is 0 Å². The maximum absolute atomic E-state index is 14.2. The monoisotopic (exact) mass is 450 g/mol. The number of carbonyl (C=O) groups is 2. The molecule has 0 radical (unpaired) electrons. The van der Waals surface area contributed by atoms with Crippen molar-refractivity contribution in [1.82, 2.24) is 4.90 Å². The number of hydrogen-bond donors (Lipinski definition) is 0. The van der Waals surface area contributed by atoms with Gasteiger partial charge in [0.25, 0.3) is 11.8 Å². The van der Waals surface area contributed by atoms with Crippen LogP contribution in [-0.4, -0.2) is 29.8 Å². The first-order valence-electron chi connectivity index (χ1n) is 11.4. The van der Waals surface area contributed by atoms with Gasteiger partial charge in [-0.2, -0.15) is 0 Å². The van der Waals surface area contributed by atoms with Gasteiger partial charge in [-0.1, -0.05) is 60.7 Å². The number of benzene rings is 3. The fourth-order valence-electron chi connectivity index (χ4n) is 5.44. The molecule has 1 atom stereocenters. The number of anilines is 1. The lowest BCUT2D eigenvalue weighted by atomic mass is 9.83. The smallest absolute Gasteiger partial charge is 0.291 e. The Morgan fingerprint density at radius 1 is 0.853 bits per heavy atom. The highest BCUT2D eigenvalue weighted by Gasteiger charge is 2.64. The number of rotatable bonds is 4. The first kappa shape index (κ1) is 20.4.